The molecule has 0 amide bonds. The van der Waals surface area contributed by atoms with Gasteiger partial charge in [-0.15, -0.1) is 0 Å². The molecule has 2 aromatic carbocycles. The first-order valence-corrected chi connectivity index (χ1v) is 9.81. The van der Waals surface area contributed by atoms with Gasteiger partial charge >= 0.3 is 0 Å². The predicted molar refractivity (Wildman–Crippen MR) is 111 cm³/mol. The third-order valence-corrected chi connectivity index (χ3v) is 6.43. The molecule has 4 aromatic rings. The van der Waals surface area contributed by atoms with Gasteiger partial charge in [0.15, 0.2) is 0 Å². The second-order valence-electron chi connectivity index (χ2n) is 7.89. The van der Waals surface area contributed by atoms with Crippen LogP contribution in [0.4, 0.5) is 17.1 Å². The standard InChI is InChI=1S/C25H17N3/c1-2-4-19-15(3-1)12-21-20(19)6-5-16-11-17-7-10-27-22-13-18-14-26-9-8-23(18)28(24(16)21)25(17)22/h1-10,14H,11-13H2. The fourth-order valence-corrected chi connectivity index (χ4v) is 5.26. The first-order valence-electron chi connectivity index (χ1n) is 9.81. The van der Waals surface area contributed by atoms with E-state index in [1.54, 1.807) is 0 Å². The van der Waals surface area contributed by atoms with Crippen LogP contribution >= 0.6 is 0 Å². The molecule has 3 aliphatic rings. The number of fused-ring (bicyclic) bond motifs is 8. The molecule has 4 heterocycles. The van der Waals surface area contributed by atoms with Crippen molar-refractivity contribution >= 4 is 17.1 Å². The second-order valence-corrected chi connectivity index (χ2v) is 7.89. The molecule has 3 heteroatoms. The van der Waals surface area contributed by atoms with Crippen molar-refractivity contribution in [1.82, 2.24) is 9.97 Å². The zero-order valence-corrected chi connectivity index (χ0v) is 15.3. The summed E-state index contributed by atoms with van der Waals surface area (Å²) in [6.07, 6.45) is 8.69. The number of rotatable bonds is 0. The number of benzene rings is 2. The van der Waals surface area contributed by atoms with E-state index in [9.17, 15) is 0 Å². The van der Waals surface area contributed by atoms with Crippen LogP contribution in [0.3, 0.4) is 0 Å². The SMILES string of the molecule is c1ccc2c(c1)Cc1c-2ccc2c1N1c3ccncc3Cc3nccc(c31)C2. The van der Waals surface area contributed by atoms with Crippen LogP contribution in [0.2, 0.25) is 0 Å². The highest BCUT2D eigenvalue weighted by molar-refractivity contribution is 5.94. The minimum absolute atomic E-state index is 0.855. The molecule has 0 radical (unpaired) electrons. The third kappa shape index (κ3) is 1.74. The summed E-state index contributed by atoms with van der Waals surface area (Å²) in [6.45, 7) is 0. The molecule has 1 aliphatic carbocycles. The van der Waals surface area contributed by atoms with E-state index < -0.39 is 0 Å². The molecule has 28 heavy (non-hydrogen) atoms. The summed E-state index contributed by atoms with van der Waals surface area (Å²) >= 11 is 0. The van der Waals surface area contributed by atoms with Gasteiger partial charge in [-0.2, -0.15) is 0 Å². The fraction of sp³-hybridized carbons (Fsp3) is 0.120. The maximum absolute atomic E-state index is 4.75. The third-order valence-electron chi connectivity index (χ3n) is 6.43. The molecular formula is C25H17N3. The summed E-state index contributed by atoms with van der Waals surface area (Å²) in [6, 6.07) is 17.8. The Labute approximate surface area is 163 Å². The van der Waals surface area contributed by atoms with Gasteiger partial charge in [0, 0.05) is 43.4 Å². The summed E-state index contributed by atoms with van der Waals surface area (Å²) in [4.78, 5) is 11.6. The van der Waals surface area contributed by atoms with Gasteiger partial charge in [-0.25, -0.2) is 0 Å². The summed E-state index contributed by atoms with van der Waals surface area (Å²) in [5.41, 5.74) is 14.7. The Kier molecular flexibility index (Phi) is 2.64. The lowest BCUT2D eigenvalue weighted by Gasteiger charge is -2.39. The van der Waals surface area contributed by atoms with E-state index in [4.69, 9.17) is 4.98 Å². The lowest BCUT2D eigenvalue weighted by molar-refractivity contribution is 0.946. The van der Waals surface area contributed by atoms with Crippen LogP contribution in [-0.2, 0) is 19.3 Å². The average Bonchev–Trinajstić information content (AvgIpc) is 3.12. The van der Waals surface area contributed by atoms with Crippen molar-refractivity contribution in [3.63, 3.8) is 0 Å². The fourth-order valence-electron chi connectivity index (χ4n) is 5.26. The molecule has 3 nitrogen and oxygen atoms in total. The van der Waals surface area contributed by atoms with Gasteiger partial charge in [0.25, 0.3) is 0 Å². The highest BCUT2D eigenvalue weighted by atomic mass is 15.2. The number of hydrogen-bond donors (Lipinski definition) is 0. The highest BCUT2D eigenvalue weighted by Crippen LogP contribution is 2.54. The Hall–Kier alpha value is -3.46. The summed E-state index contributed by atoms with van der Waals surface area (Å²) in [5.74, 6) is 0. The van der Waals surface area contributed by atoms with Crippen molar-refractivity contribution in [3.05, 3.63) is 101 Å². The van der Waals surface area contributed by atoms with E-state index in [0.29, 0.717) is 0 Å². The Balaban J connectivity index is 1.56. The monoisotopic (exact) mass is 359 g/mol. The van der Waals surface area contributed by atoms with E-state index in [0.717, 1.165) is 25.0 Å². The predicted octanol–water partition coefficient (Wildman–Crippen LogP) is 5.33. The van der Waals surface area contributed by atoms with Crippen LogP contribution in [0.15, 0.2) is 67.1 Å². The van der Waals surface area contributed by atoms with E-state index >= 15 is 0 Å². The van der Waals surface area contributed by atoms with Crippen molar-refractivity contribution in [2.24, 2.45) is 0 Å². The van der Waals surface area contributed by atoms with Gasteiger partial charge in [0.1, 0.15) is 0 Å². The van der Waals surface area contributed by atoms with Crippen molar-refractivity contribution in [1.29, 1.82) is 0 Å². The van der Waals surface area contributed by atoms with Crippen molar-refractivity contribution < 1.29 is 0 Å². The molecule has 0 atom stereocenters. The molecule has 7 rings (SSSR count). The lowest BCUT2D eigenvalue weighted by atomic mass is 9.87. The smallest absolute Gasteiger partial charge is 0.0716 e. The molecule has 0 saturated carbocycles. The summed E-state index contributed by atoms with van der Waals surface area (Å²) < 4.78 is 0. The van der Waals surface area contributed by atoms with Gasteiger partial charge in [-0.05, 0) is 45.5 Å². The zero-order chi connectivity index (χ0) is 18.2. The van der Waals surface area contributed by atoms with Gasteiger partial charge in [-0.1, -0.05) is 36.4 Å². The van der Waals surface area contributed by atoms with Crippen LogP contribution in [-0.4, -0.2) is 9.97 Å². The Bertz CT molecular complexity index is 1290. The molecular weight excluding hydrogens is 342 g/mol. The van der Waals surface area contributed by atoms with E-state index in [-0.39, 0.29) is 0 Å². The molecule has 132 valence electrons. The largest absolute Gasteiger partial charge is 0.307 e. The normalized spacial score (nSPS) is 14.6. The van der Waals surface area contributed by atoms with Crippen LogP contribution in [0.5, 0.6) is 0 Å². The molecule has 0 bridgehead atoms. The molecule has 0 spiro atoms. The molecule has 0 unspecified atom stereocenters. The van der Waals surface area contributed by atoms with Crippen LogP contribution < -0.4 is 4.90 Å². The van der Waals surface area contributed by atoms with Crippen LogP contribution in [0.1, 0.15) is 33.5 Å². The topological polar surface area (TPSA) is 29.0 Å². The highest BCUT2D eigenvalue weighted by Gasteiger charge is 2.35. The van der Waals surface area contributed by atoms with Crippen molar-refractivity contribution in [2.45, 2.75) is 19.3 Å². The summed E-state index contributed by atoms with van der Waals surface area (Å²) in [5, 5.41) is 0. The van der Waals surface area contributed by atoms with Gasteiger partial charge in [0.05, 0.1) is 22.8 Å². The first kappa shape index (κ1) is 14.6. The van der Waals surface area contributed by atoms with Crippen molar-refractivity contribution in [2.75, 3.05) is 4.90 Å². The average molecular weight is 359 g/mol. The Morgan fingerprint density at radius 2 is 1.61 bits per heavy atom. The number of anilines is 3. The first-order chi connectivity index (χ1) is 13.9. The molecule has 2 aromatic heterocycles. The minimum Gasteiger partial charge on any atom is -0.307 e. The number of pyridine rings is 2. The van der Waals surface area contributed by atoms with Crippen molar-refractivity contribution in [3.8, 4) is 11.1 Å². The second kappa shape index (κ2) is 5.08. The number of hydrogen-bond acceptors (Lipinski definition) is 3. The Morgan fingerprint density at radius 3 is 2.61 bits per heavy atom. The molecule has 2 aliphatic heterocycles. The maximum Gasteiger partial charge on any atom is 0.0716 e. The molecule has 0 saturated heterocycles. The van der Waals surface area contributed by atoms with E-state index in [2.05, 4.69) is 58.4 Å². The summed E-state index contributed by atoms with van der Waals surface area (Å²) in [7, 11) is 0. The number of nitrogens with zero attached hydrogens (tertiary/aromatic N) is 3. The van der Waals surface area contributed by atoms with E-state index in [1.807, 2.05) is 18.6 Å². The zero-order valence-electron chi connectivity index (χ0n) is 15.3. The lowest BCUT2D eigenvalue weighted by Crippen LogP contribution is -2.26. The van der Waals surface area contributed by atoms with Gasteiger partial charge in [-0.3, -0.25) is 9.97 Å². The quantitative estimate of drug-likeness (QED) is 0.367. The van der Waals surface area contributed by atoms with Gasteiger partial charge in [0.2, 0.25) is 0 Å². The van der Waals surface area contributed by atoms with Crippen LogP contribution in [0, 0.1) is 0 Å². The molecule has 0 N–H and O–H groups in total. The molecule has 0 fully saturated rings. The van der Waals surface area contributed by atoms with Gasteiger partial charge < -0.3 is 4.90 Å². The van der Waals surface area contributed by atoms with E-state index in [1.165, 1.54) is 56.0 Å². The maximum atomic E-state index is 4.75. The minimum atomic E-state index is 0.855. The number of aromatic nitrogens is 2. The van der Waals surface area contributed by atoms with Crippen LogP contribution in [0.25, 0.3) is 11.1 Å². The Morgan fingerprint density at radius 1 is 0.679 bits per heavy atom.